The zero-order chi connectivity index (χ0) is 19.7. The van der Waals surface area contributed by atoms with Crippen molar-refractivity contribution in [1.82, 2.24) is 19.7 Å². The molecule has 0 radical (unpaired) electrons. The minimum atomic E-state index is -0.0747. The Morgan fingerprint density at radius 1 is 1.14 bits per heavy atom. The summed E-state index contributed by atoms with van der Waals surface area (Å²) in [4.78, 5) is 21.1. The van der Waals surface area contributed by atoms with E-state index in [2.05, 4.69) is 15.1 Å². The van der Waals surface area contributed by atoms with Crippen LogP contribution in [0.2, 0.25) is 5.02 Å². The molecule has 0 saturated heterocycles. The number of fused-ring (bicyclic) bond motifs is 1. The van der Waals surface area contributed by atoms with Crippen molar-refractivity contribution in [2.45, 2.75) is 20.4 Å². The van der Waals surface area contributed by atoms with Crippen molar-refractivity contribution in [3.05, 3.63) is 75.0 Å². The summed E-state index contributed by atoms with van der Waals surface area (Å²) in [6, 6.07) is 13.1. The summed E-state index contributed by atoms with van der Waals surface area (Å²) in [7, 11) is 0. The maximum atomic E-state index is 12.2. The van der Waals surface area contributed by atoms with Gasteiger partial charge in [-0.1, -0.05) is 35.0 Å². The van der Waals surface area contributed by atoms with Gasteiger partial charge in [0.1, 0.15) is 5.69 Å². The Balaban J connectivity index is 1.69. The van der Waals surface area contributed by atoms with Crippen LogP contribution in [0.1, 0.15) is 24.1 Å². The summed E-state index contributed by atoms with van der Waals surface area (Å²) in [5.41, 5.74) is 3.52. The molecule has 7 heteroatoms. The molecule has 0 unspecified atom stereocenters. The molecule has 0 amide bonds. The van der Waals surface area contributed by atoms with Gasteiger partial charge in [0.25, 0.3) is 11.4 Å². The van der Waals surface area contributed by atoms with E-state index >= 15 is 0 Å². The van der Waals surface area contributed by atoms with E-state index in [9.17, 15) is 4.79 Å². The third-order valence-electron chi connectivity index (χ3n) is 4.44. The Hall–Kier alpha value is -3.25. The van der Waals surface area contributed by atoms with E-state index in [0.29, 0.717) is 29.0 Å². The molecule has 2 aromatic carbocycles. The van der Waals surface area contributed by atoms with Crippen LogP contribution >= 0.6 is 11.6 Å². The first-order valence-corrected chi connectivity index (χ1v) is 9.22. The monoisotopic (exact) mass is 392 g/mol. The molecule has 4 rings (SSSR count). The molecule has 28 heavy (non-hydrogen) atoms. The van der Waals surface area contributed by atoms with E-state index < -0.39 is 0 Å². The molecule has 4 aromatic rings. The maximum Gasteiger partial charge on any atom is 0.272 e. The first-order chi connectivity index (χ1) is 13.6. The van der Waals surface area contributed by atoms with Crippen LogP contribution in [0.25, 0.3) is 34.6 Å². The Labute approximate surface area is 166 Å². The van der Waals surface area contributed by atoms with E-state index in [1.165, 1.54) is 0 Å². The maximum absolute atomic E-state index is 12.2. The number of nitrogens with zero attached hydrogens (tertiary/aromatic N) is 4. The summed E-state index contributed by atoms with van der Waals surface area (Å²) in [6.07, 6.45) is 3.54. The van der Waals surface area contributed by atoms with E-state index in [4.69, 9.17) is 16.1 Å². The summed E-state index contributed by atoms with van der Waals surface area (Å²) in [5.74, 6) is 0.826. The zero-order valence-corrected chi connectivity index (χ0v) is 16.1. The highest BCUT2D eigenvalue weighted by molar-refractivity contribution is 6.32. The van der Waals surface area contributed by atoms with Crippen LogP contribution in [0.3, 0.4) is 0 Å². The molecule has 0 saturated carbocycles. The van der Waals surface area contributed by atoms with Crippen molar-refractivity contribution < 1.29 is 4.52 Å². The third-order valence-corrected chi connectivity index (χ3v) is 4.78. The molecular weight excluding hydrogens is 376 g/mol. The second-order valence-electron chi connectivity index (χ2n) is 6.26. The van der Waals surface area contributed by atoms with Gasteiger partial charge in [0, 0.05) is 23.2 Å². The molecule has 0 aliphatic heterocycles. The first-order valence-electron chi connectivity index (χ1n) is 8.84. The highest BCUT2D eigenvalue weighted by Gasteiger charge is 2.11. The number of halogens is 1. The van der Waals surface area contributed by atoms with E-state index in [1.54, 1.807) is 17.6 Å². The van der Waals surface area contributed by atoms with Crippen LogP contribution < -0.4 is 5.56 Å². The van der Waals surface area contributed by atoms with Gasteiger partial charge in [-0.3, -0.25) is 4.79 Å². The number of benzene rings is 2. The number of aryl methyl sites for hydroxylation is 2. The normalized spacial score (nSPS) is 11.5. The fourth-order valence-corrected chi connectivity index (χ4v) is 3.22. The van der Waals surface area contributed by atoms with Gasteiger partial charge in [-0.15, -0.1) is 0 Å². The quantitative estimate of drug-likeness (QED) is 0.507. The SMILES string of the molecule is CCn1c(=O)c(C)nc2cc(-c3noc(C=Cc4ccccc4Cl)n3)ccc21. The lowest BCUT2D eigenvalue weighted by Crippen LogP contribution is -2.23. The van der Waals surface area contributed by atoms with Crippen molar-refractivity contribution >= 4 is 34.8 Å². The van der Waals surface area contributed by atoms with E-state index in [0.717, 1.165) is 22.2 Å². The van der Waals surface area contributed by atoms with Gasteiger partial charge in [-0.05, 0) is 49.8 Å². The van der Waals surface area contributed by atoms with Crippen molar-refractivity contribution in [3.63, 3.8) is 0 Å². The summed E-state index contributed by atoms with van der Waals surface area (Å²) in [5, 5.41) is 4.69. The number of hydrogen-bond donors (Lipinski definition) is 0. The topological polar surface area (TPSA) is 73.8 Å². The van der Waals surface area contributed by atoms with Crippen LogP contribution in [-0.4, -0.2) is 19.7 Å². The van der Waals surface area contributed by atoms with Gasteiger partial charge in [0.15, 0.2) is 0 Å². The number of aromatic nitrogens is 4. The van der Waals surface area contributed by atoms with Gasteiger partial charge in [0.2, 0.25) is 5.82 Å². The summed E-state index contributed by atoms with van der Waals surface area (Å²) >= 11 is 6.15. The smallest absolute Gasteiger partial charge is 0.272 e. The minimum absolute atomic E-state index is 0.0747. The molecule has 2 aromatic heterocycles. The van der Waals surface area contributed by atoms with Gasteiger partial charge in [-0.25, -0.2) is 4.98 Å². The molecule has 0 atom stereocenters. The number of hydrogen-bond acceptors (Lipinski definition) is 5. The van der Waals surface area contributed by atoms with Crippen molar-refractivity contribution in [2.75, 3.05) is 0 Å². The molecule has 0 aliphatic rings. The predicted octanol–water partition coefficient (Wildman–Crippen LogP) is 4.60. The molecule has 0 fully saturated rings. The predicted molar refractivity (Wildman–Crippen MR) is 110 cm³/mol. The van der Waals surface area contributed by atoms with E-state index in [-0.39, 0.29) is 5.56 Å². The molecular formula is C21H17ClN4O2. The second kappa shape index (κ2) is 7.40. The van der Waals surface area contributed by atoms with Crippen LogP contribution in [0.4, 0.5) is 0 Å². The zero-order valence-electron chi connectivity index (χ0n) is 15.4. The van der Waals surface area contributed by atoms with E-state index in [1.807, 2.05) is 55.5 Å². The average Bonchev–Trinajstić information content (AvgIpc) is 3.17. The van der Waals surface area contributed by atoms with Gasteiger partial charge >= 0.3 is 0 Å². The van der Waals surface area contributed by atoms with Crippen molar-refractivity contribution in [1.29, 1.82) is 0 Å². The minimum Gasteiger partial charge on any atom is -0.334 e. The molecule has 0 spiro atoms. The lowest BCUT2D eigenvalue weighted by atomic mass is 10.1. The van der Waals surface area contributed by atoms with Crippen LogP contribution in [-0.2, 0) is 6.54 Å². The highest BCUT2D eigenvalue weighted by Crippen LogP contribution is 2.22. The van der Waals surface area contributed by atoms with Gasteiger partial charge in [0.05, 0.1) is 11.0 Å². The Morgan fingerprint density at radius 2 is 1.96 bits per heavy atom. The first kappa shape index (κ1) is 18.1. The molecule has 6 nitrogen and oxygen atoms in total. The summed E-state index contributed by atoms with van der Waals surface area (Å²) in [6.45, 7) is 4.23. The molecule has 0 bridgehead atoms. The molecule has 0 N–H and O–H groups in total. The fraction of sp³-hybridized carbons (Fsp3) is 0.143. The van der Waals surface area contributed by atoms with Crippen molar-refractivity contribution in [3.8, 4) is 11.4 Å². The van der Waals surface area contributed by atoms with Gasteiger partial charge < -0.3 is 9.09 Å². The fourth-order valence-electron chi connectivity index (χ4n) is 3.02. The standard InChI is InChI=1S/C21H17ClN4O2/c1-3-26-18-10-8-15(12-17(18)23-13(2)21(26)27)20-24-19(28-25-20)11-9-14-6-4-5-7-16(14)22/h4-12H,3H2,1-2H3. The Kier molecular flexibility index (Phi) is 4.79. The molecule has 140 valence electrons. The van der Waals surface area contributed by atoms with Crippen LogP contribution in [0.5, 0.6) is 0 Å². The lowest BCUT2D eigenvalue weighted by molar-refractivity contribution is 0.411. The van der Waals surface area contributed by atoms with Crippen molar-refractivity contribution in [2.24, 2.45) is 0 Å². The third kappa shape index (κ3) is 3.34. The second-order valence-corrected chi connectivity index (χ2v) is 6.67. The molecule has 0 aliphatic carbocycles. The average molecular weight is 393 g/mol. The highest BCUT2D eigenvalue weighted by atomic mass is 35.5. The lowest BCUT2D eigenvalue weighted by Gasteiger charge is -2.09. The Morgan fingerprint density at radius 3 is 2.75 bits per heavy atom. The largest absolute Gasteiger partial charge is 0.334 e. The molecule has 2 heterocycles. The van der Waals surface area contributed by atoms with Gasteiger partial charge in [-0.2, -0.15) is 4.98 Å². The Bertz CT molecular complexity index is 1260. The number of rotatable bonds is 4. The van der Waals surface area contributed by atoms with Crippen LogP contribution in [0, 0.1) is 6.92 Å². The van der Waals surface area contributed by atoms with Crippen LogP contribution in [0.15, 0.2) is 51.8 Å². The summed E-state index contributed by atoms with van der Waals surface area (Å²) < 4.78 is 7.02.